The predicted octanol–water partition coefficient (Wildman–Crippen LogP) is 4.83. The molecular weight excluding hydrogens is 416 g/mol. The van der Waals surface area contributed by atoms with Crippen molar-refractivity contribution in [3.8, 4) is 5.75 Å². The van der Waals surface area contributed by atoms with Gasteiger partial charge < -0.3 is 15.4 Å². The van der Waals surface area contributed by atoms with Crippen LogP contribution in [0.4, 0.5) is 10.8 Å². The fraction of sp³-hybridized carbons (Fsp3) is 0.318. The van der Waals surface area contributed by atoms with Crippen molar-refractivity contribution in [1.29, 1.82) is 0 Å². The first kappa shape index (κ1) is 20.7. The minimum Gasteiger partial charge on any atom is -0.497 e. The molecule has 1 aliphatic heterocycles. The van der Waals surface area contributed by atoms with Gasteiger partial charge in [-0.15, -0.1) is 0 Å². The summed E-state index contributed by atoms with van der Waals surface area (Å²) in [7, 11) is 1.67. The molecule has 0 aliphatic carbocycles. The number of carbonyl (C=O) groups is 1. The summed E-state index contributed by atoms with van der Waals surface area (Å²) < 4.78 is 6.38. The van der Waals surface area contributed by atoms with Crippen LogP contribution >= 0.6 is 23.1 Å². The Morgan fingerprint density at radius 1 is 1.23 bits per heavy atom. The second-order valence-corrected chi connectivity index (χ2v) is 9.42. The molecule has 1 aromatic heterocycles. The highest BCUT2D eigenvalue weighted by molar-refractivity contribution is 8.27. The summed E-state index contributed by atoms with van der Waals surface area (Å²) in [5.41, 5.74) is 3.04. The Hall–Kier alpha value is -2.58. The van der Waals surface area contributed by atoms with Crippen molar-refractivity contribution in [2.45, 2.75) is 26.3 Å². The van der Waals surface area contributed by atoms with Gasteiger partial charge in [0.05, 0.1) is 29.1 Å². The molecular formula is C22H24N4O2S2. The normalized spacial score (nSPS) is 17.7. The smallest absolute Gasteiger partial charge is 0.219 e. The van der Waals surface area contributed by atoms with E-state index in [4.69, 9.17) is 4.74 Å². The summed E-state index contributed by atoms with van der Waals surface area (Å²) in [5, 5.41) is 8.35. The molecule has 0 radical (unpaired) electrons. The maximum Gasteiger partial charge on any atom is 0.219 e. The molecule has 30 heavy (non-hydrogen) atoms. The van der Waals surface area contributed by atoms with Gasteiger partial charge >= 0.3 is 0 Å². The lowest BCUT2D eigenvalue weighted by Crippen LogP contribution is -2.34. The molecule has 0 bridgehead atoms. The Balaban J connectivity index is 1.32. The van der Waals surface area contributed by atoms with E-state index in [1.54, 1.807) is 18.4 Å². The second kappa shape index (κ2) is 9.06. The van der Waals surface area contributed by atoms with Crippen molar-refractivity contribution < 1.29 is 9.53 Å². The Labute approximate surface area is 184 Å². The van der Waals surface area contributed by atoms with E-state index in [9.17, 15) is 4.79 Å². The van der Waals surface area contributed by atoms with Gasteiger partial charge in [0.15, 0.2) is 10.3 Å². The molecule has 1 saturated heterocycles. The molecule has 8 heteroatoms. The van der Waals surface area contributed by atoms with Gasteiger partial charge in [-0.2, -0.15) is 0 Å². The largest absolute Gasteiger partial charge is 0.497 e. The highest BCUT2D eigenvalue weighted by Gasteiger charge is 2.32. The third kappa shape index (κ3) is 4.76. The van der Waals surface area contributed by atoms with Gasteiger partial charge in [-0.1, -0.05) is 37.3 Å². The Bertz CT molecular complexity index is 1080. The standard InChI is InChI=1S/C22H24N4O2S2/c1-13(2)19-20(27)30-22(26-19)24-15-6-4-14(5-7-15)10-11-23-21-25-17-9-8-16(28-3)12-18(17)29-21/h4-9,12-13,19H,10-11H2,1-3H3,(H,23,25)(H,24,26)/t19-/m0/s1. The summed E-state index contributed by atoms with van der Waals surface area (Å²) in [6.07, 6.45) is 0.886. The minimum absolute atomic E-state index is 0.139. The lowest BCUT2D eigenvalue weighted by molar-refractivity contribution is -0.112. The van der Waals surface area contributed by atoms with E-state index < -0.39 is 0 Å². The Morgan fingerprint density at radius 3 is 2.73 bits per heavy atom. The van der Waals surface area contributed by atoms with E-state index in [1.165, 1.54) is 17.3 Å². The molecule has 6 nitrogen and oxygen atoms in total. The molecule has 2 N–H and O–H groups in total. The molecule has 4 rings (SSSR count). The average Bonchev–Trinajstić information content (AvgIpc) is 3.31. The topological polar surface area (TPSA) is 75.6 Å². The highest BCUT2D eigenvalue weighted by Crippen LogP contribution is 2.29. The van der Waals surface area contributed by atoms with Crippen LogP contribution in [0.25, 0.3) is 10.2 Å². The number of fused-ring (bicyclic) bond motifs is 1. The van der Waals surface area contributed by atoms with Crippen molar-refractivity contribution in [3.63, 3.8) is 0 Å². The number of anilines is 1. The SMILES string of the molecule is COc1ccc2nc(NCCc3ccc(/N=C4/N[C@@H](C(C)C)C(=O)S4)cc3)sc2c1. The van der Waals surface area contributed by atoms with Gasteiger partial charge in [0, 0.05) is 6.54 Å². The van der Waals surface area contributed by atoms with Gasteiger partial charge in [-0.25, -0.2) is 9.98 Å². The maximum absolute atomic E-state index is 12.0. The maximum atomic E-state index is 12.0. The minimum atomic E-state index is -0.150. The average molecular weight is 441 g/mol. The van der Waals surface area contributed by atoms with Crippen LogP contribution in [0.1, 0.15) is 19.4 Å². The molecule has 2 heterocycles. The number of carbonyl (C=O) groups excluding carboxylic acids is 1. The van der Waals surface area contributed by atoms with Crippen LogP contribution in [0, 0.1) is 5.92 Å². The molecule has 156 valence electrons. The fourth-order valence-corrected chi connectivity index (χ4v) is 5.06. The number of methoxy groups -OCH3 is 1. The monoisotopic (exact) mass is 440 g/mol. The van der Waals surface area contributed by atoms with Crippen molar-refractivity contribution in [2.24, 2.45) is 10.9 Å². The Kier molecular flexibility index (Phi) is 6.24. The molecule has 0 spiro atoms. The van der Waals surface area contributed by atoms with Crippen LogP contribution in [0.2, 0.25) is 0 Å². The molecule has 0 saturated carbocycles. The highest BCUT2D eigenvalue weighted by atomic mass is 32.2. The number of aliphatic imine (C=N–C) groups is 1. The zero-order chi connectivity index (χ0) is 21.1. The molecule has 0 amide bonds. The van der Waals surface area contributed by atoms with Crippen LogP contribution in [0.15, 0.2) is 47.5 Å². The molecule has 1 atom stereocenters. The quantitative estimate of drug-likeness (QED) is 0.548. The van der Waals surface area contributed by atoms with Crippen LogP contribution in [0.3, 0.4) is 0 Å². The van der Waals surface area contributed by atoms with E-state index in [-0.39, 0.29) is 17.1 Å². The van der Waals surface area contributed by atoms with Gasteiger partial charge in [0.1, 0.15) is 5.75 Å². The first-order valence-electron chi connectivity index (χ1n) is 9.86. The predicted molar refractivity (Wildman–Crippen MR) is 126 cm³/mol. The number of benzene rings is 2. The number of nitrogens with zero attached hydrogens (tertiary/aromatic N) is 2. The lowest BCUT2D eigenvalue weighted by atomic mass is 10.1. The van der Waals surface area contributed by atoms with Crippen molar-refractivity contribution >= 4 is 54.4 Å². The van der Waals surface area contributed by atoms with E-state index in [2.05, 4.69) is 32.7 Å². The molecule has 1 aliphatic rings. The van der Waals surface area contributed by atoms with Crippen LogP contribution < -0.4 is 15.4 Å². The van der Waals surface area contributed by atoms with E-state index in [1.807, 2.05) is 44.2 Å². The van der Waals surface area contributed by atoms with Gasteiger partial charge in [-0.05, 0) is 60.0 Å². The zero-order valence-electron chi connectivity index (χ0n) is 17.1. The van der Waals surface area contributed by atoms with Crippen molar-refractivity contribution in [1.82, 2.24) is 10.3 Å². The summed E-state index contributed by atoms with van der Waals surface area (Å²) >= 11 is 2.82. The number of hydrogen-bond donors (Lipinski definition) is 2. The summed E-state index contributed by atoms with van der Waals surface area (Å²) in [4.78, 5) is 21.2. The number of thioether (sulfide) groups is 1. The number of ether oxygens (including phenoxy) is 1. The van der Waals surface area contributed by atoms with Crippen LogP contribution in [-0.2, 0) is 11.2 Å². The van der Waals surface area contributed by atoms with Crippen LogP contribution in [-0.4, -0.2) is 35.0 Å². The van der Waals surface area contributed by atoms with E-state index >= 15 is 0 Å². The Morgan fingerprint density at radius 2 is 2.03 bits per heavy atom. The number of aromatic nitrogens is 1. The van der Waals surface area contributed by atoms with E-state index in [0.29, 0.717) is 5.17 Å². The molecule has 1 fully saturated rings. The van der Waals surface area contributed by atoms with Gasteiger partial charge in [0.2, 0.25) is 5.12 Å². The molecule has 0 unspecified atom stereocenters. The molecule has 2 aromatic carbocycles. The van der Waals surface area contributed by atoms with Gasteiger partial charge in [0.25, 0.3) is 0 Å². The first-order valence-corrected chi connectivity index (χ1v) is 11.5. The second-order valence-electron chi connectivity index (χ2n) is 7.40. The number of thiazole rings is 1. The lowest BCUT2D eigenvalue weighted by Gasteiger charge is -2.11. The van der Waals surface area contributed by atoms with Crippen molar-refractivity contribution in [3.05, 3.63) is 48.0 Å². The van der Waals surface area contributed by atoms with Crippen LogP contribution in [0.5, 0.6) is 5.75 Å². The molecule has 3 aromatic rings. The third-order valence-electron chi connectivity index (χ3n) is 4.85. The third-order valence-corrected chi connectivity index (χ3v) is 6.68. The van der Waals surface area contributed by atoms with E-state index in [0.717, 1.165) is 39.8 Å². The van der Waals surface area contributed by atoms with Gasteiger partial charge in [-0.3, -0.25) is 4.79 Å². The number of hydrogen-bond acceptors (Lipinski definition) is 7. The van der Waals surface area contributed by atoms with Crippen molar-refractivity contribution in [2.75, 3.05) is 19.0 Å². The summed E-state index contributed by atoms with van der Waals surface area (Å²) in [6.45, 7) is 4.87. The summed E-state index contributed by atoms with van der Waals surface area (Å²) in [5.74, 6) is 1.10. The fourth-order valence-electron chi connectivity index (χ4n) is 3.15. The summed E-state index contributed by atoms with van der Waals surface area (Å²) in [6, 6.07) is 13.9. The number of rotatable bonds is 7. The first-order chi connectivity index (χ1) is 14.5. The number of nitrogens with one attached hydrogen (secondary N) is 2. The zero-order valence-corrected chi connectivity index (χ0v) is 18.8. The number of amidine groups is 1.